The number of amides is 2. The number of hydrogen-bond acceptors (Lipinski definition) is 3. The van der Waals surface area contributed by atoms with Crippen molar-refractivity contribution in [2.45, 2.75) is 57.0 Å². The van der Waals surface area contributed by atoms with Crippen molar-refractivity contribution in [3.05, 3.63) is 70.2 Å². The summed E-state index contributed by atoms with van der Waals surface area (Å²) in [4.78, 5) is 30.8. The van der Waals surface area contributed by atoms with Crippen LogP contribution in [0.4, 0.5) is 0 Å². The van der Waals surface area contributed by atoms with Crippen LogP contribution in [0.2, 0.25) is 0 Å². The maximum Gasteiger partial charge on any atom is 0.229 e. The second kappa shape index (κ2) is 10.2. The average Bonchev–Trinajstić information content (AvgIpc) is 3.63. The fourth-order valence-corrected chi connectivity index (χ4v) is 5.76. The van der Waals surface area contributed by atoms with Crippen LogP contribution in [-0.4, -0.2) is 53.8 Å². The molecule has 2 aromatic carbocycles. The molecule has 34 heavy (non-hydrogen) atoms. The summed E-state index contributed by atoms with van der Waals surface area (Å²) in [7, 11) is 0. The van der Waals surface area contributed by atoms with Crippen LogP contribution in [0, 0.1) is 5.41 Å². The third-order valence-corrected chi connectivity index (χ3v) is 8.41. The SMILES string of the molecule is O=C(NC1CC1)C(CCN1CCC2(CC1)CCN(Cc1ccc(Br)cc1)C2=O)c1ccccc1. The Kier molecular flexibility index (Phi) is 7.07. The summed E-state index contributed by atoms with van der Waals surface area (Å²) in [5, 5.41) is 3.20. The van der Waals surface area contributed by atoms with Crippen molar-refractivity contribution in [2.75, 3.05) is 26.2 Å². The van der Waals surface area contributed by atoms with Crippen molar-refractivity contribution in [2.24, 2.45) is 5.41 Å². The van der Waals surface area contributed by atoms with Gasteiger partial charge in [0.05, 0.1) is 11.3 Å². The largest absolute Gasteiger partial charge is 0.353 e. The van der Waals surface area contributed by atoms with E-state index in [1.165, 1.54) is 5.56 Å². The number of rotatable bonds is 8. The van der Waals surface area contributed by atoms with Crippen LogP contribution in [0.15, 0.2) is 59.1 Å². The minimum Gasteiger partial charge on any atom is -0.353 e. The number of carbonyl (C=O) groups excluding carboxylic acids is 2. The van der Waals surface area contributed by atoms with Gasteiger partial charge in [-0.05, 0) is 81.4 Å². The molecule has 3 aliphatic rings. The monoisotopic (exact) mass is 523 g/mol. The molecule has 2 aliphatic heterocycles. The van der Waals surface area contributed by atoms with Gasteiger partial charge in [-0.15, -0.1) is 0 Å². The molecule has 2 aromatic rings. The molecule has 2 saturated heterocycles. The number of nitrogens with one attached hydrogen (secondary N) is 1. The van der Waals surface area contributed by atoms with Gasteiger partial charge in [0.15, 0.2) is 0 Å². The van der Waals surface area contributed by atoms with Gasteiger partial charge in [-0.3, -0.25) is 9.59 Å². The molecule has 5 rings (SSSR count). The van der Waals surface area contributed by atoms with E-state index in [-0.39, 0.29) is 17.2 Å². The smallest absolute Gasteiger partial charge is 0.229 e. The molecule has 3 fully saturated rings. The highest BCUT2D eigenvalue weighted by molar-refractivity contribution is 9.10. The normalized spacial score (nSPS) is 21.1. The van der Waals surface area contributed by atoms with E-state index in [0.717, 1.165) is 74.7 Å². The molecule has 2 amide bonds. The summed E-state index contributed by atoms with van der Waals surface area (Å²) < 4.78 is 1.06. The molecule has 0 aromatic heterocycles. The number of hydrogen-bond donors (Lipinski definition) is 1. The summed E-state index contributed by atoms with van der Waals surface area (Å²) in [6, 6.07) is 18.8. The van der Waals surface area contributed by atoms with E-state index in [0.29, 0.717) is 18.5 Å². The Labute approximate surface area is 211 Å². The van der Waals surface area contributed by atoms with E-state index in [9.17, 15) is 9.59 Å². The first-order valence-corrected chi connectivity index (χ1v) is 13.4. The lowest BCUT2D eigenvalue weighted by Crippen LogP contribution is -2.45. The maximum absolute atomic E-state index is 13.4. The number of halogens is 1. The summed E-state index contributed by atoms with van der Waals surface area (Å²) in [6.45, 7) is 4.32. The summed E-state index contributed by atoms with van der Waals surface area (Å²) in [6.07, 6.45) is 5.84. The van der Waals surface area contributed by atoms with Crippen molar-refractivity contribution >= 4 is 27.7 Å². The minimum atomic E-state index is -0.186. The summed E-state index contributed by atoms with van der Waals surface area (Å²) in [5.74, 6) is 0.393. The maximum atomic E-state index is 13.4. The average molecular weight is 525 g/mol. The van der Waals surface area contributed by atoms with Crippen molar-refractivity contribution in [1.82, 2.24) is 15.1 Å². The second-order valence-corrected chi connectivity index (χ2v) is 11.2. The van der Waals surface area contributed by atoms with Crippen LogP contribution in [0.25, 0.3) is 0 Å². The molecule has 0 radical (unpaired) electrons. The molecular weight excluding hydrogens is 490 g/mol. The second-order valence-electron chi connectivity index (χ2n) is 10.3. The number of piperidine rings is 1. The number of nitrogens with zero attached hydrogens (tertiary/aromatic N) is 2. The highest BCUT2D eigenvalue weighted by atomic mass is 79.9. The molecule has 0 bridgehead atoms. The Morgan fingerprint density at radius 2 is 1.68 bits per heavy atom. The van der Waals surface area contributed by atoms with E-state index < -0.39 is 0 Å². The van der Waals surface area contributed by atoms with Crippen molar-refractivity contribution in [3.8, 4) is 0 Å². The zero-order chi connectivity index (χ0) is 23.5. The molecule has 180 valence electrons. The van der Waals surface area contributed by atoms with Crippen LogP contribution in [0.3, 0.4) is 0 Å². The lowest BCUT2D eigenvalue weighted by atomic mass is 9.77. The van der Waals surface area contributed by atoms with Crippen LogP contribution in [0.5, 0.6) is 0 Å². The minimum absolute atomic E-state index is 0.104. The Balaban J connectivity index is 1.15. The lowest BCUT2D eigenvalue weighted by molar-refractivity contribution is -0.138. The lowest BCUT2D eigenvalue weighted by Gasteiger charge is -2.38. The van der Waals surface area contributed by atoms with E-state index in [1.54, 1.807) is 0 Å². The first-order valence-electron chi connectivity index (χ1n) is 12.6. The number of benzene rings is 2. The highest BCUT2D eigenvalue weighted by Crippen LogP contribution is 2.42. The summed E-state index contributed by atoms with van der Waals surface area (Å²) >= 11 is 3.48. The zero-order valence-corrected chi connectivity index (χ0v) is 21.3. The molecule has 6 heteroatoms. The van der Waals surface area contributed by atoms with Crippen LogP contribution < -0.4 is 5.32 Å². The quantitative estimate of drug-likeness (QED) is 0.544. The van der Waals surface area contributed by atoms with E-state index in [4.69, 9.17) is 0 Å². The van der Waals surface area contributed by atoms with Gasteiger partial charge in [0, 0.05) is 23.6 Å². The Hall–Kier alpha value is -2.18. The number of likely N-dealkylation sites (tertiary alicyclic amines) is 2. The fraction of sp³-hybridized carbons (Fsp3) is 0.500. The van der Waals surface area contributed by atoms with E-state index in [1.807, 2.05) is 35.2 Å². The Morgan fingerprint density at radius 3 is 2.35 bits per heavy atom. The van der Waals surface area contributed by atoms with Gasteiger partial charge in [0.2, 0.25) is 11.8 Å². The highest BCUT2D eigenvalue weighted by Gasteiger charge is 2.47. The van der Waals surface area contributed by atoms with Crippen LogP contribution in [-0.2, 0) is 16.1 Å². The van der Waals surface area contributed by atoms with Crippen molar-refractivity contribution in [1.29, 1.82) is 0 Å². The first kappa shape index (κ1) is 23.6. The van der Waals surface area contributed by atoms with Gasteiger partial charge in [0.1, 0.15) is 0 Å². The van der Waals surface area contributed by atoms with Gasteiger partial charge in [-0.1, -0.05) is 58.4 Å². The van der Waals surface area contributed by atoms with Crippen LogP contribution in [0.1, 0.15) is 55.6 Å². The molecule has 1 aliphatic carbocycles. The first-order chi connectivity index (χ1) is 16.5. The molecule has 2 heterocycles. The van der Waals surface area contributed by atoms with Crippen LogP contribution >= 0.6 is 15.9 Å². The molecule has 1 atom stereocenters. The standard InChI is InChI=1S/C28H34BrN3O2/c29-23-8-6-21(7-9-23)20-32-19-15-28(27(32)34)13-17-31(18-14-28)16-12-25(22-4-2-1-3-5-22)26(33)30-24-10-11-24/h1-9,24-25H,10-20H2,(H,30,33). The van der Waals surface area contributed by atoms with E-state index >= 15 is 0 Å². The molecule has 1 saturated carbocycles. The Bertz CT molecular complexity index is 998. The topological polar surface area (TPSA) is 52.7 Å². The molecule has 1 N–H and O–H groups in total. The van der Waals surface area contributed by atoms with Gasteiger partial charge < -0.3 is 15.1 Å². The van der Waals surface area contributed by atoms with E-state index in [2.05, 4.69) is 50.4 Å². The van der Waals surface area contributed by atoms with Gasteiger partial charge in [0.25, 0.3) is 0 Å². The summed E-state index contributed by atoms with van der Waals surface area (Å²) in [5.41, 5.74) is 2.10. The third kappa shape index (κ3) is 5.38. The number of carbonyl (C=O) groups is 2. The molecule has 1 unspecified atom stereocenters. The predicted octanol–water partition coefficient (Wildman–Crippen LogP) is 4.72. The van der Waals surface area contributed by atoms with Gasteiger partial charge in [-0.25, -0.2) is 0 Å². The van der Waals surface area contributed by atoms with Gasteiger partial charge in [-0.2, -0.15) is 0 Å². The molecule has 5 nitrogen and oxygen atoms in total. The fourth-order valence-electron chi connectivity index (χ4n) is 5.50. The third-order valence-electron chi connectivity index (χ3n) is 7.88. The van der Waals surface area contributed by atoms with Crippen molar-refractivity contribution < 1.29 is 9.59 Å². The van der Waals surface area contributed by atoms with Gasteiger partial charge >= 0.3 is 0 Å². The zero-order valence-electron chi connectivity index (χ0n) is 19.7. The Morgan fingerprint density at radius 1 is 1.00 bits per heavy atom. The van der Waals surface area contributed by atoms with Crippen molar-refractivity contribution in [3.63, 3.8) is 0 Å². The predicted molar refractivity (Wildman–Crippen MR) is 137 cm³/mol. The molecule has 1 spiro atoms. The molecular formula is C28H34BrN3O2.